The first-order valence-corrected chi connectivity index (χ1v) is 8.87. The van der Waals surface area contributed by atoms with Crippen molar-refractivity contribution in [3.05, 3.63) is 65.0 Å². The highest BCUT2D eigenvalue weighted by atomic mass is 32.2. The fraction of sp³-hybridized carbons (Fsp3) is 0.118. The predicted molar refractivity (Wildman–Crippen MR) is 96.7 cm³/mol. The Balaban J connectivity index is 1.73. The molecule has 1 aromatic heterocycles. The lowest BCUT2D eigenvalue weighted by atomic mass is 10.1. The largest absolute Gasteiger partial charge is 0.478 e. The van der Waals surface area contributed by atoms with Crippen LogP contribution in [0.2, 0.25) is 0 Å². The van der Waals surface area contributed by atoms with Crippen molar-refractivity contribution in [3.63, 3.8) is 0 Å². The van der Waals surface area contributed by atoms with E-state index in [2.05, 4.69) is 15.5 Å². The van der Waals surface area contributed by atoms with Crippen molar-refractivity contribution in [2.75, 3.05) is 5.75 Å². The van der Waals surface area contributed by atoms with E-state index in [0.717, 1.165) is 23.9 Å². The average Bonchev–Trinajstić information content (AvgIpc) is 3.14. The molecule has 3 rings (SSSR count). The van der Waals surface area contributed by atoms with Crippen LogP contribution >= 0.6 is 11.8 Å². The molecule has 1 amide bonds. The van der Waals surface area contributed by atoms with Gasteiger partial charge in [-0.15, -0.1) is 5.10 Å². The molecule has 0 fully saturated rings. The summed E-state index contributed by atoms with van der Waals surface area (Å²) in [5.74, 6) is -2.66. The van der Waals surface area contributed by atoms with E-state index in [1.165, 1.54) is 22.9 Å². The Labute approximate surface area is 162 Å². The highest BCUT2D eigenvalue weighted by molar-refractivity contribution is 7.99. The predicted octanol–water partition coefficient (Wildman–Crippen LogP) is 1.42. The number of aliphatic hydroxyl groups excluding tert-OH is 1. The third-order valence-electron chi connectivity index (χ3n) is 3.82. The summed E-state index contributed by atoms with van der Waals surface area (Å²) < 4.78 is 15.1. The van der Waals surface area contributed by atoms with Crippen molar-refractivity contribution in [2.24, 2.45) is 5.73 Å². The number of carboxylic acids is 1. The van der Waals surface area contributed by atoms with Crippen LogP contribution in [0.4, 0.5) is 4.39 Å². The highest BCUT2D eigenvalue weighted by Gasteiger charge is 2.16. The SMILES string of the molecule is NC(=O)c1ccc(C(O)CSc2nnnn2-c2ccc(C(=O)O)c(F)c2)cc1. The number of aromatic carboxylic acids is 1. The zero-order chi connectivity index (χ0) is 20.3. The lowest BCUT2D eigenvalue weighted by Gasteiger charge is -2.11. The quantitative estimate of drug-likeness (QED) is 0.503. The first kappa shape index (κ1) is 19.5. The molecule has 0 saturated carbocycles. The van der Waals surface area contributed by atoms with Gasteiger partial charge >= 0.3 is 5.97 Å². The van der Waals surface area contributed by atoms with E-state index in [1.807, 2.05) is 0 Å². The summed E-state index contributed by atoms with van der Waals surface area (Å²) in [5, 5.41) is 30.6. The molecule has 0 radical (unpaired) electrons. The van der Waals surface area contributed by atoms with Crippen LogP contribution in [0.1, 0.15) is 32.4 Å². The summed E-state index contributed by atoms with van der Waals surface area (Å²) in [7, 11) is 0. The molecular formula is C17H14FN5O4S. The molecule has 144 valence electrons. The van der Waals surface area contributed by atoms with Gasteiger partial charge in [-0.1, -0.05) is 23.9 Å². The molecule has 4 N–H and O–H groups in total. The van der Waals surface area contributed by atoms with Gasteiger partial charge in [-0.3, -0.25) is 4.79 Å². The number of aliphatic hydroxyl groups is 1. The molecule has 1 heterocycles. The molecule has 0 bridgehead atoms. The summed E-state index contributed by atoms with van der Waals surface area (Å²) in [4.78, 5) is 22.0. The number of carbonyl (C=O) groups is 2. The molecule has 0 aliphatic rings. The number of thioether (sulfide) groups is 1. The van der Waals surface area contributed by atoms with Crippen LogP contribution < -0.4 is 5.73 Å². The number of rotatable bonds is 7. The third kappa shape index (κ3) is 4.15. The topological polar surface area (TPSA) is 144 Å². The van der Waals surface area contributed by atoms with Crippen molar-refractivity contribution in [1.82, 2.24) is 20.2 Å². The number of nitrogens with zero attached hydrogens (tertiary/aromatic N) is 4. The molecule has 1 atom stereocenters. The fourth-order valence-electron chi connectivity index (χ4n) is 2.36. The van der Waals surface area contributed by atoms with Gasteiger partial charge in [-0.05, 0) is 40.3 Å². The van der Waals surface area contributed by atoms with E-state index in [0.29, 0.717) is 11.1 Å². The number of amides is 1. The van der Waals surface area contributed by atoms with Gasteiger partial charge in [0.1, 0.15) is 5.82 Å². The minimum atomic E-state index is -1.37. The first-order chi connectivity index (χ1) is 13.4. The van der Waals surface area contributed by atoms with Crippen molar-refractivity contribution < 1.29 is 24.2 Å². The van der Waals surface area contributed by atoms with E-state index < -0.39 is 29.4 Å². The number of primary amides is 1. The van der Waals surface area contributed by atoms with Gasteiger partial charge in [0.25, 0.3) is 0 Å². The number of aromatic nitrogens is 4. The van der Waals surface area contributed by atoms with Gasteiger partial charge < -0.3 is 15.9 Å². The van der Waals surface area contributed by atoms with E-state index >= 15 is 0 Å². The van der Waals surface area contributed by atoms with Crippen LogP contribution in [0.3, 0.4) is 0 Å². The van der Waals surface area contributed by atoms with Crippen LogP contribution in [0.15, 0.2) is 47.6 Å². The number of nitrogens with two attached hydrogens (primary N) is 1. The number of hydrogen-bond donors (Lipinski definition) is 3. The van der Waals surface area contributed by atoms with Crippen LogP contribution in [0, 0.1) is 5.82 Å². The summed E-state index contributed by atoms with van der Waals surface area (Å²) in [5.41, 5.74) is 5.88. The Kier molecular flexibility index (Phi) is 5.66. The fourth-order valence-corrected chi connectivity index (χ4v) is 3.22. The van der Waals surface area contributed by atoms with Gasteiger partial charge in [-0.25, -0.2) is 9.18 Å². The number of halogens is 1. The summed E-state index contributed by atoms with van der Waals surface area (Å²) in [6.07, 6.45) is -0.872. The van der Waals surface area contributed by atoms with Gasteiger partial charge in [-0.2, -0.15) is 4.68 Å². The maximum absolute atomic E-state index is 13.9. The smallest absolute Gasteiger partial charge is 0.338 e. The van der Waals surface area contributed by atoms with Crippen molar-refractivity contribution in [2.45, 2.75) is 11.3 Å². The van der Waals surface area contributed by atoms with E-state index in [4.69, 9.17) is 10.8 Å². The Morgan fingerprint density at radius 2 is 1.93 bits per heavy atom. The lowest BCUT2D eigenvalue weighted by Crippen LogP contribution is -2.11. The second-order valence-electron chi connectivity index (χ2n) is 5.66. The molecule has 0 aliphatic heterocycles. The van der Waals surface area contributed by atoms with Gasteiger partial charge in [0.05, 0.1) is 17.4 Å². The molecule has 3 aromatic rings. The molecule has 11 heteroatoms. The maximum Gasteiger partial charge on any atom is 0.338 e. The summed E-state index contributed by atoms with van der Waals surface area (Å²) in [6.45, 7) is 0. The van der Waals surface area contributed by atoms with Crippen LogP contribution in [-0.4, -0.2) is 48.0 Å². The Morgan fingerprint density at radius 1 is 1.21 bits per heavy atom. The number of hydrogen-bond acceptors (Lipinski definition) is 7. The van der Waals surface area contributed by atoms with Crippen LogP contribution in [-0.2, 0) is 0 Å². The molecule has 0 spiro atoms. The zero-order valence-electron chi connectivity index (χ0n) is 14.2. The minimum Gasteiger partial charge on any atom is -0.478 e. The van der Waals surface area contributed by atoms with Gasteiger partial charge in [0, 0.05) is 17.4 Å². The number of carboxylic acid groups (broad SMARTS) is 1. The van der Waals surface area contributed by atoms with Crippen LogP contribution in [0.25, 0.3) is 5.69 Å². The monoisotopic (exact) mass is 403 g/mol. The second kappa shape index (κ2) is 8.15. The van der Waals surface area contributed by atoms with Crippen molar-refractivity contribution in [1.29, 1.82) is 0 Å². The van der Waals surface area contributed by atoms with Crippen molar-refractivity contribution in [3.8, 4) is 5.69 Å². The molecule has 28 heavy (non-hydrogen) atoms. The van der Waals surface area contributed by atoms with Gasteiger partial charge in [0.2, 0.25) is 11.1 Å². The third-order valence-corrected chi connectivity index (χ3v) is 4.81. The normalized spacial score (nSPS) is 11.9. The molecule has 2 aromatic carbocycles. The highest BCUT2D eigenvalue weighted by Crippen LogP contribution is 2.25. The minimum absolute atomic E-state index is 0.186. The Hall–Kier alpha value is -3.31. The first-order valence-electron chi connectivity index (χ1n) is 7.89. The Bertz CT molecular complexity index is 1020. The molecule has 0 saturated heterocycles. The number of tetrazole rings is 1. The molecule has 1 unspecified atom stereocenters. The molecule has 9 nitrogen and oxygen atoms in total. The van der Waals surface area contributed by atoms with E-state index in [1.54, 1.807) is 12.1 Å². The number of benzene rings is 2. The average molecular weight is 403 g/mol. The molecule has 0 aliphatic carbocycles. The number of carbonyl (C=O) groups excluding carboxylic acids is 1. The summed E-state index contributed by atoms with van der Waals surface area (Å²) in [6, 6.07) is 9.74. The summed E-state index contributed by atoms with van der Waals surface area (Å²) >= 11 is 1.12. The lowest BCUT2D eigenvalue weighted by molar-refractivity contribution is 0.0691. The standard InChI is InChI=1S/C17H14FN5O4S/c18-13-7-11(5-6-12(13)16(26)27)23-17(20-21-22-23)28-8-14(24)9-1-3-10(4-2-9)15(19)25/h1-7,14,24H,8H2,(H2,19,25)(H,26,27). The van der Waals surface area contributed by atoms with E-state index in [-0.39, 0.29) is 16.6 Å². The zero-order valence-corrected chi connectivity index (χ0v) is 15.0. The van der Waals surface area contributed by atoms with Crippen LogP contribution in [0.5, 0.6) is 0 Å². The van der Waals surface area contributed by atoms with E-state index in [9.17, 15) is 19.1 Å². The maximum atomic E-state index is 13.9. The van der Waals surface area contributed by atoms with Gasteiger partial charge in [0.15, 0.2) is 0 Å². The second-order valence-corrected chi connectivity index (χ2v) is 6.64. The Morgan fingerprint density at radius 3 is 2.54 bits per heavy atom. The van der Waals surface area contributed by atoms with Crippen molar-refractivity contribution >= 4 is 23.6 Å². The molecular weight excluding hydrogens is 389 g/mol.